The zero-order valence-corrected chi connectivity index (χ0v) is 14.5. The van der Waals surface area contributed by atoms with E-state index in [-0.39, 0.29) is 18.9 Å². The highest BCUT2D eigenvalue weighted by atomic mass is 16.5. The molecule has 2 aromatic carbocycles. The van der Waals surface area contributed by atoms with Crippen molar-refractivity contribution in [2.45, 2.75) is 19.1 Å². The molecule has 1 atom stereocenters. The minimum absolute atomic E-state index is 0.103. The van der Waals surface area contributed by atoms with Gasteiger partial charge < -0.3 is 25.9 Å². The van der Waals surface area contributed by atoms with Gasteiger partial charge in [-0.25, -0.2) is 4.98 Å². The maximum Gasteiger partial charge on any atom is 0.322 e. The maximum absolute atomic E-state index is 11.8. The molecule has 0 aliphatic rings. The van der Waals surface area contributed by atoms with Gasteiger partial charge in [0.15, 0.2) is 0 Å². The highest BCUT2D eigenvalue weighted by molar-refractivity contribution is 5.80. The van der Waals surface area contributed by atoms with Crippen molar-refractivity contribution in [1.82, 2.24) is 15.3 Å². The Morgan fingerprint density at radius 1 is 1.22 bits per heavy atom. The SMILES string of the molecule is NC(CNC(=O)Cc1ccc(OCc2cccc3[nH]cnc23)cc1)C(=O)O. The fourth-order valence-electron chi connectivity index (χ4n) is 2.57. The zero-order valence-electron chi connectivity index (χ0n) is 14.5. The quantitative estimate of drug-likeness (QED) is 0.473. The average Bonchev–Trinajstić information content (AvgIpc) is 3.15. The van der Waals surface area contributed by atoms with Gasteiger partial charge in [-0.3, -0.25) is 9.59 Å². The summed E-state index contributed by atoms with van der Waals surface area (Å²) >= 11 is 0. The predicted molar refractivity (Wildman–Crippen MR) is 99.2 cm³/mol. The van der Waals surface area contributed by atoms with E-state index in [0.717, 1.165) is 22.2 Å². The van der Waals surface area contributed by atoms with Crippen molar-refractivity contribution in [3.8, 4) is 5.75 Å². The van der Waals surface area contributed by atoms with Gasteiger partial charge in [-0.15, -0.1) is 0 Å². The van der Waals surface area contributed by atoms with Gasteiger partial charge in [0, 0.05) is 12.1 Å². The monoisotopic (exact) mass is 368 g/mol. The Kier molecular flexibility index (Phi) is 5.68. The number of rotatable bonds is 8. The number of carbonyl (C=O) groups excluding carboxylic acids is 1. The largest absolute Gasteiger partial charge is 0.489 e. The highest BCUT2D eigenvalue weighted by Gasteiger charge is 2.12. The Bertz CT molecular complexity index is 936. The number of fused-ring (bicyclic) bond motifs is 1. The van der Waals surface area contributed by atoms with Crippen molar-refractivity contribution < 1.29 is 19.4 Å². The van der Waals surface area contributed by atoms with Gasteiger partial charge in [-0.2, -0.15) is 0 Å². The number of nitrogens with zero attached hydrogens (tertiary/aromatic N) is 1. The molecule has 0 saturated heterocycles. The normalized spacial score (nSPS) is 11.9. The molecule has 1 unspecified atom stereocenters. The van der Waals surface area contributed by atoms with Crippen molar-refractivity contribution in [2.75, 3.05) is 6.54 Å². The summed E-state index contributed by atoms with van der Waals surface area (Å²) in [6.45, 7) is 0.281. The lowest BCUT2D eigenvalue weighted by Gasteiger charge is -2.10. The van der Waals surface area contributed by atoms with Crippen LogP contribution < -0.4 is 15.8 Å². The fraction of sp³-hybridized carbons (Fsp3) is 0.211. The number of H-pyrrole nitrogens is 1. The van der Waals surface area contributed by atoms with Crippen LogP contribution in [-0.2, 0) is 22.6 Å². The Morgan fingerprint density at radius 2 is 2.00 bits per heavy atom. The topological polar surface area (TPSA) is 130 Å². The van der Waals surface area contributed by atoms with Crippen molar-refractivity contribution >= 4 is 22.9 Å². The van der Waals surface area contributed by atoms with Crippen LogP contribution in [0.3, 0.4) is 0 Å². The molecular formula is C19H20N4O4. The zero-order chi connectivity index (χ0) is 19.2. The second-order valence-electron chi connectivity index (χ2n) is 6.07. The third-order valence-corrected chi connectivity index (χ3v) is 4.05. The van der Waals surface area contributed by atoms with Crippen LogP contribution in [0.5, 0.6) is 5.75 Å². The molecule has 0 aliphatic carbocycles. The molecule has 1 heterocycles. The summed E-state index contributed by atoms with van der Waals surface area (Å²) in [7, 11) is 0. The second-order valence-corrected chi connectivity index (χ2v) is 6.07. The smallest absolute Gasteiger partial charge is 0.322 e. The number of hydrogen-bond donors (Lipinski definition) is 4. The Labute approximate surface area is 155 Å². The summed E-state index contributed by atoms with van der Waals surface area (Å²) < 4.78 is 5.80. The molecule has 3 aromatic rings. The van der Waals surface area contributed by atoms with Crippen LogP contribution in [0.1, 0.15) is 11.1 Å². The number of carbonyl (C=O) groups is 2. The molecule has 8 heteroatoms. The average molecular weight is 368 g/mol. The minimum atomic E-state index is -1.15. The van der Waals surface area contributed by atoms with Crippen LogP contribution in [0.2, 0.25) is 0 Å². The third-order valence-electron chi connectivity index (χ3n) is 4.05. The van der Waals surface area contributed by atoms with Crippen LogP contribution in [0.15, 0.2) is 48.8 Å². The maximum atomic E-state index is 11.8. The molecule has 0 bridgehead atoms. The molecule has 0 aliphatic heterocycles. The van der Waals surface area contributed by atoms with Gasteiger partial charge in [-0.05, 0) is 23.8 Å². The van der Waals surface area contributed by atoms with E-state index in [1.54, 1.807) is 30.6 Å². The number of nitrogens with two attached hydrogens (primary N) is 1. The van der Waals surface area contributed by atoms with E-state index in [1.165, 1.54) is 0 Å². The lowest BCUT2D eigenvalue weighted by atomic mass is 10.1. The Balaban J connectivity index is 1.52. The fourth-order valence-corrected chi connectivity index (χ4v) is 2.57. The number of aromatic amines is 1. The van der Waals surface area contributed by atoms with Crippen LogP contribution in [0.25, 0.3) is 11.0 Å². The number of aromatic nitrogens is 2. The molecule has 1 aromatic heterocycles. The number of benzene rings is 2. The number of carboxylic acid groups (broad SMARTS) is 1. The first-order valence-electron chi connectivity index (χ1n) is 8.40. The molecule has 1 amide bonds. The van der Waals surface area contributed by atoms with Crippen LogP contribution in [0.4, 0.5) is 0 Å². The van der Waals surface area contributed by atoms with Gasteiger partial charge in [-0.1, -0.05) is 24.3 Å². The lowest BCUT2D eigenvalue weighted by Crippen LogP contribution is -2.42. The number of imidazole rings is 1. The van der Waals surface area contributed by atoms with Gasteiger partial charge in [0.25, 0.3) is 0 Å². The van der Waals surface area contributed by atoms with Crippen molar-refractivity contribution in [1.29, 1.82) is 0 Å². The van der Waals surface area contributed by atoms with Crippen LogP contribution >= 0.6 is 0 Å². The van der Waals surface area contributed by atoms with E-state index in [1.807, 2.05) is 18.2 Å². The van der Waals surface area contributed by atoms with E-state index in [9.17, 15) is 9.59 Å². The number of nitrogens with one attached hydrogen (secondary N) is 2. The number of carboxylic acids is 1. The molecule has 0 saturated carbocycles. The standard InChI is InChI=1S/C19H20N4O4/c20-15(19(25)26)9-21-17(24)8-12-4-6-14(7-5-12)27-10-13-2-1-3-16-18(13)23-11-22-16/h1-7,11,15H,8-10,20H2,(H,21,24)(H,22,23)(H,25,26). The third kappa shape index (κ3) is 4.83. The molecule has 5 N–H and O–H groups in total. The molecule has 140 valence electrons. The number of aliphatic carboxylic acids is 1. The molecular weight excluding hydrogens is 348 g/mol. The van der Waals surface area contributed by atoms with Crippen molar-refractivity contribution in [3.63, 3.8) is 0 Å². The van der Waals surface area contributed by atoms with E-state index in [0.29, 0.717) is 12.4 Å². The Morgan fingerprint density at radius 3 is 2.74 bits per heavy atom. The summed E-state index contributed by atoms with van der Waals surface area (Å²) in [5.74, 6) is -0.757. The summed E-state index contributed by atoms with van der Waals surface area (Å²) in [6.07, 6.45) is 1.79. The van der Waals surface area contributed by atoms with Crippen LogP contribution in [-0.4, -0.2) is 39.5 Å². The summed E-state index contributed by atoms with van der Waals surface area (Å²) in [6, 6.07) is 11.9. The molecule has 0 fully saturated rings. The van der Waals surface area contributed by atoms with Crippen LogP contribution in [0, 0.1) is 0 Å². The molecule has 27 heavy (non-hydrogen) atoms. The molecule has 3 rings (SSSR count). The van der Waals surface area contributed by atoms with Crippen molar-refractivity contribution in [2.24, 2.45) is 5.73 Å². The van der Waals surface area contributed by atoms with Gasteiger partial charge in [0.2, 0.25) is 5.91 Å². The number of para-hydroxylation sites is 1. The first-order valence-corrected chi connectivity index (χ1v) is 8.40. The molecule has 0 radical (unpaired) electrons. The molecule has 8 nitrogen and oxygen atoms in total. The summed E-state index contributed by atoms with van der Waals surface area (Å²) in [5, 5.41) is 11.2. The predicted octanol–water partition coefficient (Wildman–Crippen LogP) is 1.21. The summed E-state index contributed by atoms with van der Waals surface area (Å²) in [4.78, 5) is 29.8. The minimum Gasteiger partial charge on any atom is -0.489 e. The van der Waals surface area contributed by atoms with Gasteiger partial charge in [0.1, 0.15) is 18.4 Å². The van der Waals surface area contributed by atoms with Gasteiger partial charge >= 0.3 is 5.97 Å². The molecule has 0 spiro atoms. The van der Waals surface area contributed by atoms with E-state index < -0.39 is 12.0 Å². The highest BCUT2D eigenvalue weighted by Crippen LogP contribution is 2.18. The Hall–Kier alpha value is -3.39. The lowest BCUT2D eigenvalue weighted by molar-refractivity contribution is -0.138. The summed E-state index contributed by atoms with van der Waals surface area (Å²) in [5.41, 5.74) is 8.96. The first-order chi connectivity index (χ1) is 13.0. The first kappa shape index (κ1) is 18.4. The number of amides is 1. The second kappa shape index (κ2) is 8.33. The van der Waals surface area contributed by atoms with E-state index in [2.05, 4.69) is 15.3 Å². The number of ether oxygens (including phenoxy) is 1. The van der Waals surface area contributed by atoms with Gasteiger partial charge in [0.05, 0.1) is 23.8 Å². The van der Waals surface area contributed by atoms with E-state index >= 15 is 0 Å². The van der Waals surface area contributed by atoms with Crippen molar-refractivity contribution in [3.05, 3.63) is 59.9 Å². The number of hydrogen-bond acceptors (Lipinski definition) is 5. The van der Waals surface area contributed by atoms with E-state index in [4.69, 9.17) is 15.6 Å².